The van der Waals surface area contributed by atoms with Crippen LogP contribution < -0.4 is 5.32 Å². The Morgan fingerprint density at radius 3 is 2.56 bits per heavy atom. The maximum Gasteiger partial charge on any atom is 0.194 e. The highest BCUT2D eigenvalue weighted by molar-refractivity contribution is 14.0. The van der Waals surface area contributed by atoms with Crippen LogP contribution in [0.2, 0.25) is 0 Å². The first kappa shape index (κ1) is 23.2. The smallest absolute Gasteiger partial charge is 0.194 e. The third kappa shape index (κ3) is 7.33. The first-order valence-electron chi connectivity index (χ1n) is 10.7. The largest absolute Gasteiger partial charge is 0.388 e. The molecule has 158 valence electrons. The lowest BCUT2D eigenvalue weighted by atomic mass is 10.0. The van der Waals surface area contributed by atoms with Gasteiger partial charge in [0, 0.05) is 26.2 Å². The highest BCUT2D eigenvalue weighted by Crippen LogP contribution is 2.29. The van der Waals surface area contributed by atoms with Crippen LogP contribution in [0.3, 0.4) is 0 Å². The predicted octanol–water partition coefficient (Wildman–Crippen LogP) is 2.93. The molecule has 2 aliphatic heterocycles. The highest BCUT2D eigenvalue weighted by atomic mass is 127. The fraction of sp³-hybridized carbons (Fsp3) is 0.950. The minimum Gasteiger partial charge on any atom is -0.388 e. The number of guanidine groups is 1. The van der Waals surface area contributed by atoms with Crippen molar-refractivity contribution in [2.45, 2.75) is 82.5 Å². The molecule has 7 heteroatoms. The number of nitrogens with one attached hydrogen (secondary N) is 1. The van der Waals surface area contributed by atoms with Crippen LogP contribution in [0.4, 0.5) is 0 Å². The summed E-state index contributed by atoms with van der Waals surface area (Å²) < 4.78 is 11.9. The number of ether oxygens (including phenoxy) is 2. The molecule has 1 aliphatic carbocycles. The summed E-state index contributed by atoms with van der Waals surface area (Å²) in [5.41, 5.74) is -0.581. The van der Waals surface area contributed by atoms with Crippen molar-refractivity contribution < 1.29 is 14.6 Å². The maximum atomic E-state index is 10.6. The Morgan fingerprint density at radius 1 is 1.19 bits per heavy atom. The average Bonchev–Trinajstić information content (AvgIpc) is 3.12. The molecule has 1 unspecified atom stereocenters. The number of piperidine rings is 1. The van der Waals surface area contributed by atoms with Gasteiger partial charge in [-0.15, -0.1) is 24.0 Å². The second kappa shape index (κ2) is 11.8. The molecule has 0 radical (unpaired) electrons. The first-order chi connectivity index (χ1) is 12.7. The van der Waals surface area contributed by atoms with Gasteiger partial charge in [-0.3, -0.25) is 4.99 Å². The molecule has 0 spiro atoms. The summed E-state index contributed by atoms with van der Waals surface area (Å²) in [5, 5.41) is 14.0. The predicted molar refractivity (Wildman–Crippen MR) is 119 cm³/mol. The van der Waals surface area contributed by atoms with Gasteiger partial charge in [-0.2, -0.15) is 0 Å². The van der Waals surface area contributed by atoms with E-state index in [4.69, 9.17) is 14.5 Å². The summed E-state index contributed by atoms with van der Waals surface area (Å²) in [7, 11) is 0. The lowest BCUT2D eigenvalue weighted by Gasteiger charge is -2.35. The minimum absolute atomic E-state index is 0. The Morgan fingerprint density at radius 2 is 1.93 bits per heavy atom. The van der Waals surface area contributed by atoms with Crippen LogP contribution in [0, 0.1) is 0 Å². The zero-order valence-electron chi connectivity index (χ0n) is 16.8. The van der Waals surface area contributed by atoms with E-state index in [0.29, 0.717) is 18.8 Å². The van der Waals surface area contributed by atoms with Crippen molar-refractivity contribution in [2.24, 2.45) is 4.99 Å². The van der Waals surface area contributed by atoms with Gasteiger partial charge in [0.2, 0.25) is 0 Å². The summed E-state index contributed by atoms with van der Waals surface area (Å²) >= 11 is 0. The average molecular weight is 495 g/mol. The van der Waals surface area contributed by atoms with Crippen molar-refractivity contribution in [2.75, 3.05) is 39.4 Å². The number of aliphatic hydroxyl groups is 1. The molecule has 0 aromatic heterocycles. The molecule has 27 heavy (non-hydrogen) atoms. The molecule has 1 atom stereocenters. The SMILES string of the molecule is CCNC(=NCC1(O)CCCC1)N1CCC(OCC2CCCCO2)CC1.I. The van der Waals surface area contributed by atoms with E-state index < -0.39 is 5.60 Å². The van der Waals surface area contributed by atoms with Gasteiger partial charge in [0.05, 0.1) is 31.0 Å². The van der Waals surface area contributed by atoms with Gasteiger partial charge in [0.25, 0.3) is 0 Å². The van der Waals surface area contributed by atoms with Crippen LogP contribution in [0.15, 0.2) is 4.99 Å². The number of halogens is 1. The number of hydrogen-bond acceptors (Lipinski definition) is 4. The zero-order valence-corrected chi connectivity index (χ0v) is 19.2. The van der Waals surface area contributed by atoms with Gasteiger partial charge in [-0.25, -0.2) is 0 Å². The molecule has 3 rings (SSSR count). The van der Waals surface area contributed by atoms with Gasteiger partial charge in [-0.05, 0) is 51.9 Å². The van der Waals surface area contributed by atoms with Gasteiger partial charge in [-0.1, -0.05) is 12.8 Å². The van der Waals surface area contributed by atoms with Crippen molar-refractivity contribution in [3.8, 4) is 0 Å². The van der Waals surface area contributed by atoms with E-state index in [1.54, 1.807) is 0 Å². The Hall–Kier alpha value is -0.120. The fourth-order valence-electron chi connectivity index (χ4n) is 4.26. The molecule has 6 nitrogen and oxygen atoms in total. The second-order valence-electron chi connectivity index (χ2n) is 8.11. The number of rotatable bonds is 6. The molecule has 0 aromatic carbocycles. The van der Waals surface area contributed by atoms with Gasteiger partial charge < -0.3 is 24.8 Å². The summed E-state index contributed by atoms with van der Waals surface area (Å²) in [5.74, 6) is 0.946. The van der Waals surface area contributed by atoms with E-state index in [0.717, 1.165) is 83.8 Å². The molecule has 2 heterocycles. The third-order valence-electron chi connectivity index (χ3n) is 5.93. The first-order valence-corrected chi connectivity index (χ1v) is 10.7. The zero-order chi connectivity index (χ0) is 18.2. The quantitative estimate of drug-likeness (QED) is 0.337. The molecule has 0 aromatic rings. The normalized spacial score (nSPS) is 26.7. The Balaban J connectivity index is 0.00000261. The molecule has 3 aliphatic rings. The number of nitrogens with zero attached hydrogens (tertiary/aromatic N) is 2. The van der Waals surface area contributed by atoms with Crippen molar-refractivity contribution in [3.63, 3.8) is 0 Å². The Bertz CT molecular complexity index is 444. The molecule has 2 saturated heterocycles. The van der Waals surface area contributed by atoms with Crippen LogP contribution in [0.1, 0.15) is 64.7 Å². The van der Waals surface area contributed by atoms with Crippen LogP contribution >= 0.6 is 24.0 Å². The monoisotopic (exact) mass is 495 g/mol. The molecule has 1 saturated carbocycles. The van der Waals surface area contributed by atoms with Crippen molar-refractivity contribution in [3.05, 3.63) is 0 Å². The van der Waals surface area contributed by atoms with Gasteiger partial charge >= 0.3 is 0 Å². The van der Waals surface area contributed by atoms with Crippen molar-refractivity contribution >= 4 is 29.9 Å². The number of hydrogen-bond donors (Lipinski definition) is 2. The summed E-state index contributed by atoms with van der Waals surface area (Å²) in [6, 6.07) is 0. The van der Waals surface area contributed by atoms with Crippen LogP contribution in [-0.4, -0.2) is 73.2 Å². The summed E-state index contributed by atoms with van der Waals surface area (Å²) in [6.07, 6.45) is 10.3. The van der Waals surface area contributed by atoms with E-state index in [1.165, 1.54) is 12.8 Å². The molecule has 0 amide bonds. The lowest BCUT2D eigenvalue weighted by Crippen LogP contribution is -2.48. The van der Waals surface area contributed by atoms with E-state index in [1.807, 2.05) is 0 Å². The summed E-state index contributed by atoms with van der Waals surface area (Å²) in [6.45, 7) is 7.02. The van der Waals surface area contributed by atoms with E-state index in [9.17, 15) is 5.11 Å². The Labute approximate surface area is 181 Å². The topological polar surface area (TPSA) is 66.3 Å². The number of likely N-dealkylation sites (tertiary alicyclic amines) is 1. The number of aliphatic imine (C=N–C) groups is 1. The van der Waals surface area contributed by atoms with Crippen LogP contribution in [-0.2, 0) is 9.47 Å². The van der Waals surface area contributed by atoms with E-state index in [-0.39, 0.29) is 24.0 Å². The van der Waals surface area contributed by atoms with Gasteiger partial charge in [0.1, 0.15) is 0 Å². The van der Waals surface area contributed by atoms with Crippen LogP contribution in [0.25, 0.3) is 0 Å². The molecule has 3 fully saturated rings. The van der Waals surface area contributed by atoms with Crippen LogP contribution in [0.5, 0.6) is 0 Å². The van der Waals surface area contributed by atoms with Gasteiger partial charge in [0.15, 0.2) is 5.96 Å². The molecular formula is C20H38IN3O3. The van der Waals surface area contributed by atoms with Crippen molar-refractivity contribution in [1.29, 1.82) is 0 Å². The minimum atomic E-state index is -0.581. The van der Waals surface area contributed by atoms with E-state index >= 15 is 0 Å². The fourth-order valence-corrected chi connectivity index (χ4v) is 4.26. The molecule has 2 N–H and O–H groups in total. The summed E-state index contributed by atoms with van der Waals surface area (Å²) in [4.78, 5) is 7.07. The standard InChI is InChI=1S/C20H37N3O3.HI/c1-2-21-19(22-16-20(24)10-4-5-11-20)23-12-8-17(9-13-23)26-15-18-7-3-6-14-25-18;/h17-18,24H,2-16H2,1H3,(H,21,22);1H. The third-order valence-corrected chi connectivity index (χ3v) is 5.93. The van der Waals surface area contributed by atoms with Crippen molar-refractivity contribution in [1.82, 2.24) is 10.2 Å². The van der Waals surface area contributed by atoms with E-state index in [2.05, 4.69) is 17.1 Å². The Kier molecular flexibility index (Phi) is 10.1. The lowest BCUT2D eigenvalue weighted by molar-refractivity contribution is -0.0721. The maximum absolute atomic E-state index is 10.6. The molecule has 0 bridgehead atoms. The molecular weight excluding hydrogens is 457 g/mol. The second-order valence-corrected chi connectivity index (χ2v) is 8.11. The highest BCUT2D eigenvalue weighted by Gasteiger charge is 2.31.